The number of nitrogens with two attached hydrogens (primary N) is 1. The third kappa shape index (κ3) is 3.07. The number of amides is 2. The first kappa shape index (κ1) is 13.7. The van der Waals surface area contributed by atoms with Gasteiger partial charge in [-0.25, -0.2) is 4.79 Å². The molecule has 2 aromatic rings. The van der Waals surface area contributed by atoms with Gasteiger partial charge in [-0.05, 0) is 35.4 Å². The molecule has 1 heterocycles. The van der Waals surface area contributed by atoms with Crippen molar-refractivity contribution in [2.24, 2.45) is 5.73 Å². The number of carbonyl (C=O) groups is 1. The minimum atomic E-state index is -0.330. The Labute approximate surface area is 125 Å². The molecule has 0 aromatic heterocycles. The standard InChI is InChI=1S/C18H19N2O/c19-18(21)20-12-10-17(11-13-20)16-8-6-15(7-9-16)14-4-2-1-3-5-14/h1-10,17H,11-13H2,(H2,19,21). The number of hydrogen-bond donors (Lipinski definition) is 1. The average molecular weight is 279 g/mol. The van der Waals surface area contributed by atoms with E-state index in [9.17, 15) is 4.79 Å². The molecule has 1 aliphatic rings. The van der Waals surface area contributed by atoms with Gasteiger partial charge in [0.1, 0.15) is 0 Å². The van der Waals surface area contributed by atoms with Crippen LogP contribution in [0.5, 0.6) is 0 Å². The molecule has 0 bridgehead atoms. The van der Waals surface area contributed by atoms with Crippen molar-refractivity contribution in [2.45, 2.75) is 12.3 Å². The second-order valence-electron chi connectivity index (χ2n) is 5.40. The Morgan fingerprint density at radius 1 is 1.00 bits per heavy atom. The molecule has 0 spiro atoms. The molecule has 1 radical (unpaired) electrons. The molecule has 3 heteroatoms. The molecule has 2 amide bonds. The number of nitrogens with zero attached hydrogens (tertiary/aromatic N) is 1. The van der Waals surface area contributed by atoms with E-state index in [0.717, 1.165) is 13.0 Å². The van der Waals surface area contributed by atoms with Crippen molar-refractivity contribution in [3.05, 3.63) is 66.6 Å². The van der Waals surface area contributed by atoms with Gasteiger partial charge in [-0.1, -0.05) is 54.6 Å². The lowest BCUT2D eigenvalue weighted by Gasteiger charge is -2.30. The zero-order valence-electron chi connectivity index (χ0n) is 11.9. The van der Waals surface area contributed by atoms with Gasteiger partial charge in [0.05, 0.1) is 0 Å². The van der Waals surface area contributed by atoms with Gasteiger partial charge < -0.3 is 10.6 Å². The number of hydrogen-bond acceptors (Lipinski definition) is 1. The molecule has 1 aliphatic heterocycles. The van der Waals surface area contributed by atoms with Crippen LogP contribution in [0.2, 0.25) is 0 Å². The number of primary amides is 1. The lowest BCUT2D eigenvalue weighted by atomic mass is 9.88. The molecule has 0 aliphatic carbocycles. The van der Waals surface area contributed by atoms with E-state index in [1.54, 1.807) is 4.90 Å². The molecule has 3 nitrogen and oxygen atoms in total. The summed E-state index contributed by atoms with van der Waals surface area (Å²) in [4.78, 5) is 12.8. The van der Waals surface area contributed by atoms with E-state index in [0.29, 0.717) is 12.5 Å². The van der Waals surface area contributed by atoms with Gasteiger partial charge in [0, 0.05) is 13.1 Å². The van der Waals surface area contributed by atoms with Crippen LogP contribution in [-0.2, 0) is 0 Å². The number of likely N-dealkylation sites (tertiary alicyclic amines) is 1. The second-order valence-corrected chi connectivity index (χ2v) is 5.40. The van der Waals surface area contributed by atoms with Gasteiger partial charge >= 0.3 is 6.03 Å². The Morgan fingerprint density at radius 2 is 1.67 bits per heavy atom. The van der Waals surface area contributed by atoms with Crippen LogP contribution in [0.15, 0.2) is 54.6 Å². The zero-order chi connectivity index (χ0) is 14.7. The fourth-order valence-corrected chi connectivity index (χ4v) is 2.81. The summed E-state index contributed by atoms with van der Waals surface area (Å²) >= 11 is 0. The van der Waals surface area contributed by atoms with Crippen LogP contribution >= 0.6 is 0 Å². The van der Waals surface area contributed by atoms with Crippen molar-refractivity contribution >= 4 is 6.03 Å². The lowest BCUT2D eigenvalue weighted by molar-refractivity contribution is 0.202. The third-order valence-electron chi connectivity index (χ3n) is 4.08. The highest BCUT2D eigenvalue weighted by molar-refractivity contribution is 5.72. The predicted molar refractivity (Wildman–Crippen MR) is 84.7 cm³/mol. The fourth-order valence-electron chi connectivity index (χ4n) is 2.81. The Bertz CT molecular complexity index is 599. The summed E-state index contributed by atoms with van der Waals surface area (Å²) in [7, 11) is 0. The summed E-state index contributed by atoms with van der Waals surface area (Å²) < 4.78 is 0. The molecule has 1 saturated heterocycles. The van der Waals surface area contributed by atoms with E-state index in [2.05, 4.69) is 55.0 Å². The maximum Gasteiger partial charge on any atom is 0.314 e. The first-order chi connectivity index (χ1) is 10.2. The average Bonchev–Trinajstić information content (AvgIpc) is 2.56. The molecule has 21 heavy (non-hydrogen) atoms. The first-order valence-corrected chi connectivity index (χ1v) is 7.27. The summed E-state index contributed by atoms with van der Waals surface area (Å²) in [6.07, 6.45) is 3.11. The predicted octanol–water partition coefficient (Wildman–Crippen LogP) is 3.43. The maximum atomic E-state index is 11.1. The van der Waals surface area contributed by atoms with Gasteiger partial charge in [-0.15, -0.1) is 0 Å². The lowest BCUT2D eigenvalue weighted by Crippen LogP contribution is -2.41. The minimum absolute atomic E-state index is 0.330. The van der Waals surface area contributed by atoms with Crippen LogP contribution in [0.25, 0.3) is 11.1 Å². The highest BCUT2D eigenvalue weighted by atomic mass is 16.2. The second kappa shape index (κ2) is 6.00. The summed E-state index contributed by atoms with van der Waals surface area (Å²) in [6.45, 7) is 1.37. The summed E-state index contributed by atoms with van der Waals surface area (Å²) in [5.74, 6) is 0.408. The van der Waals surface area contributed by atoms with Crippen molar-refractivity contribution in [3.8, 4) is 11.1 Å². The molecule has 2 N–H and O–H groups in total. The van der Waals surface area contributed by atoms with Gasteiger partial charge in [0.15, 0.2) is 0 Å². The van der Waals surface area contributed by atoms with Crippen molar-refractivity contribution in [1.82, 2.24) is 4.90 Å². The molecule has 1 unspecified atom stereocenters. The van der Waals surface area contributed by atoms with Gasteiger partial charge in [0.2, 0.25) is 0 Å². The first-order valence-electron chi connectivity index (χ1n) is 7.27. The zero-order valence-corrected chi connectivity index (χ0v) is 11.9. The fraction of sp³-hybridized carbons (Fsp3) is 0.222. The van der Waals surface area contributed by atoms with Crippen LogP contribution in [0.1, 0.15) is 17.9 Å². The number of benzene rings is 2. The number of piperidine rings is 1. The van der Waals surface area contributed by atoms with Crippen LogP contribution < -0.4 is 5.73 Å². The molecular weight excluding hydrogens is 260 g/mol. The van der Waals surface area contributed by atoms with Crippen LogP contribution in [0, 0.1) is 6.42 Å². The van der Waals surface area contributed by atoms with Crippen molar-refractivity contribution < 1.29 is 4.79 Å². The SMILES string of the molecule is NC(=O)N1C[CH]C(c2ccc(-c3ccccc3)cc2)CC1. The topological polar surface area (TPSA) is 46.3 Å². The van der Waals surface area contributed by atoms with Crippen molar-refractivity contribution in [2.75, 3.05) is 13.1 Å². The quantitative estimate of drug-likeness (QED) is 0.899. The number of carbonyl (C=O) groups excluding carboxylic acids is 1. The monoisotopic (exact) mass is 279 g/mol. The third-order valence-corrected chi connectivity index (χ3v) is 4.08. The smallest absolute Gasteiger partial charge is 0.314 e. The van der Waals surface area contributed by atoms with E-state index >= 15 is 0 Å². The minimum Gasteiger partial charge on any atom is -0.351 e. The molecular formula is C18H19N2O. The molecule has 107 valence electrons. The summed E-state index contributed by atoms with van der Waals surface area (Å²) in [5, 5.41) is 0. The molecule has 2 aromatic carbocycles. The molecule has 3 rings (SSSR count). The molecule has 0 saturated carbocycles. The largest absolute Gasteiger partial charge is 0.351 e. The normalized spacial score (nSPS) is 15.9. The summed E-state index contributed by atoms with van der Waals surface area (Å²) in [5.41, 5.74) is 9.07. The van der Waals surface area contributed by atoms with Gasteiger partial charge in [-0.2, -0.15) is 0 Å². The molecule has 1 fully saturated rings. The van der Waals surface area contributed by atoms with Crippen molar-refractivity contribution in [1.29, 1.82) is 0 Å². The highest BCUT2D eigenvalue weighted by Crippen LogP contribution is 2.29. The number of rotatable bonds is 2. The van der Waals surface area contributed by atoms with Gasteiger partial charge in [0.25, 0.3) is 0 Å². The van der Waals surface area contributed by atoms with E-state index in [1.165, 1.54) is 16.7 Å². The van der Waals surface area contributed by atoms with E-state index in [4.69, 9.17) is 5.73 Å². The van der Waals surface area contributed by atoms with Crippen LogP contribution in [0.4, 0.5) is 4.79 Å². The molecule has 1 atom stereocenters. The van der Waals surface area contributed by atoms with E-state index in [-0.39, 0.29) is 6.03 Å². The highest BCUT2D eigenvalue weighted by Gasteiger charge is 2.22. The van der Waals surface area contributed by atoms with Gasteiger partial charge in [-0.3, -0.25) is 0 Å². The van der Waals surface area contributed by atoms with Crippen molar-refractivity contribution in [3.63, 3.8) is 0 Å². The maximum absolute atomic E-state index is 11.1. The number of urea groups is 1. The Hall–Kier alpha value is -2.29. The summed E-state index contributed by atoms with van der Waals surface area (Å²) in [6, 6.07) is 18.7. The van der Waals surface area contributed by atoms with Crippen LogP contribution in [-0.4, -0.2) is 24.0 Å². The van der Waals surface area contributed by atoms with E-state index in [1.807, 2.05) is 6.07 Å². The Kier molecular flexibility index (Phi) is 3.91. The van der Waals surface area contributed by atoms with E-state index < -0.39 is 0 Å². The Morgan fingerprint density at radius 3 is 2.24 bits per heavy atom. The Balaban J connectivity index is 1.69. The van der Waals surface area contributed by atoms with Crippen LogP contribution in [0.3, 0.4) is 0 Å².